The van der Waals surface area contributed by atoms with Gasteiger partial charge in [-0.05, 0) is 89.1 Å². The summed E-state index contributed by atoms with van der Waals surface area (Å²) in [5.41, 5.74) is 0. The number of nitrogens with one attached hydrogen (secondary N) is 2. The fourth-order valence-electron chi connectivity index (χ4n) is 10.2. The number of likely N-dealkylation sites (tertiary alicyclic amines) is 1. The van der Waals surface area contributed by atoms with Gasteiger partial charge in [0.2, 0.25) is 41.4 Å². The molecule has 1 fully saturated rings. The molecule has 1 heterocycles. The molecule has 9 amide bonds. The van der Waals surface area contributed by atoms with E-state index in [2.05, 4.69) is 10.6 Å². The second-order valence-electron chi connectivity index (χ2n) is 26.3. The van der Waals surface area contributed by atoms with Crippen molar-refractivity contribution in [1.82, 2.24) is 40.0 Å². The SMILES string of the molecule is CO[Si](C)(CCCN(C)C(C)=O)OC.CO[Si](C)(CCCN1C(=O)CCC1=O)OC.CO[Si](C)(CCCNC(C)=O)OC.CO[Si](CCCN(C)C(=O)N(C)C)(OC)OC.CO[Si](CCCN(C)C(C)=O)(OC)OC.CO[Si](CCCN(CCC[Si](OC)(OC)OC)C(C)=O)(OC)OC.CO[Si](CCCNC(C)=O)(OC)OC. The maximum atomic E-state index is 11.8. The largest absolute Gasteiger partial charge is 0.500 e. The first-order valence-electron chi connectivity index (χ1n) is 37.4. The molecule has 1 saturated heterocycles. The third kappa shape index (κ3) is 54.5. The predicted molar refractivity (Wildman–Crippen MR) is 450 cm³/mol. The van der Waals surface area contributed by atoms with Crippen molar-refractivity contribution in [2.24, 2.45) is 0 Å². The Kier molecular flexibility index (Phi) is 73.0. The summed E-state index contributed by atoms with van der Waals surface area (Å²) in [5, 5.41) is 5.45. The van der Waals surface area contributed by atoms with Crippen molar-refractivity contribution in [2.45, 2.75) is 167 Å². The molecular formula is C68H156N8O29Si8. The number of hydrogen-bond acceptors (Lipinski definition) is 29. The van der Waals surface area contributed by atoms with E-state index in [0.29, 0.717) is 88.9 Å². The van der Waals surface area contributed by atoms with Gasteiger partial charge in [-0.2, -0.15) is 0 Å². The molecule has 0 aromatic carbocycles. The Labute approximate surface area is 688 Å². The molecule has 1 aliphatic heterocycles. The lowest BCUT2D eigenvalue weighted by Gasteiger charge is -2.28. The first-order valence-corrected chi connectivity index (χ1v) is 54.7. The van der Waals surface area contributed by atoms with Gasteiger partial charge in [0, 0.05) is 315 Å². The van der Waals surface area contributed by atoms with Gasteiger partial charge in [-0.3, -0.25) is 38.5 Å². The summed E-state index contributed by atoms with van der Waals surface area (Å²) in [4.78, 5) is 98.8. The lowest BCUT2D eigenvalue weighted by Crippen LogP contribution is -2.44. The van der Waals surface area contributed by atoms with Crippen molar-refractivity contribution in [3.05, 3.63) is 0 Å². The lowest BCUT2D eigenvalue weighted by atomic mass is 10.3. The van der Waals surface area contributed by atoms with Crippen LogP contribution >= 0.6 is 0 Å². The molecule has 113 heavy (non-hydrogen) atoms. The quantitative estimate of drug-likeness (QED) is 0.0380. The molecule has 0 bridgehead atoms. The van der Waals surface area contributed by atoms with Gasteiger partial charge in [-0.1, -0.05) is 0 Å². The number of nitrogens with zero attached hydrogens (tertiary/aromatic N) is 6. The average molecular weight is 1770 g/mol. The highest BCUT2D eigenvalue weighted by Crippen LogP contribution is 2.22. The molecule has 2 N–H and O–H groups in total. The van der Waals surface area contributed by atoms with Crippen LogP contribution in [0, 0.1) is 0 Å². The van der Waals surface area contributed by atoms with E-state index in [0.717, 1.165) is 76.0 Å². The average Bonchev–Trinajstić information content (AvgIpc) is 1.60. The molecule has 0 spiro atoms. The molecule has 37 nitrogen and oxygen atoms in total. The summed E-state index contributed by atoms with van der Waals surface area (Å²) in [7, 11) is 24.2. The molecule has 45 heteroatoms. The molecule has 1 rings (SSSR count). The van der Waals surface area contributed by atoms with E-state index in [1.807, 2.05) is 19.6 Å². The first-order chi connectivity index (χ1) is 52.9. The van der Waals surface area contributed by atoms with Crippen LogP contribution < -0.4 is 10.6 Å². The normalized spacial score (nSPS) is 12.5. The maximum Gasteiger partial charge on any atom is 0.500 e. The van der Waals surface area contributed by atoms with Crippen molar-refractivity contribution in [1.29, 1.82) is 0 Å². The highest BCUT2D eigenvalue weighted by molar-refractivity contribution is 6.67. The number of hydrogen-bond donors (Lipinski definition) is 2. The summed E-state index contributed by atoms with van der Waals surface area (Å²) in [5.74, 6) is 0.0842. The summed E-state index contributed by atoms with van der Waals surface area (Å²) < 4.78 is 112. The van der Waals surface area contributed by atoms with E-state index in [-0.39, 0.29) is 47.4 Å². The minimum Gasteiger partial charge on any atom is -0.398 e. The standard InChI is InChI=1S/C14H33NO7Si2.C10H24N2O4Si.C10H19NO4Si.C9H21NO4Si.C9H21NO3Si.C8H19NO4Si.C8H19NO3Si/c1-14(16)15(10-8-12-23(17-2,18-3)19-4)11-9-13-24(20-5,21-6)22-7;1-11(2)10(13)12(3)8-7-9-17(14-4,15-5)16-6;1-14-16(3,15-2)8-4-7-11-9(12)5-6-10(11)13;1-9(11)10(2)7-6-8-15(12-3,13-4)14-5;1-9(11)10(2)7-6-8-14(5,12-3)13-4;1-8(10)9-6-5-7-14(11-2,12-3)13-4;1-8(10)9-6-5-7-13(4,11-2)12-3/h8-13H2,1-7H3;7-9H2,1-6H3;4-8H2,1-3H3;6-8H2,1-5H3;6-8H2,1-5H3;5-7H2,1-4H3,(H,9,10);5-7H2,1-4H3,(H,9,10). The Morgan fingerprint density at radius 3 is 0.761 bits per heavy atom. The Morgan fingerprint density at radius 2 is 0.531 bits per heavy atom. The number of carbonyl (C=O) groups is 8. The number of carbonyl (C=O) groups excluding carboxylic acids is 8. The maximum absolute atomic E-state index is 11.8. The van der Waals surface area contributed by atoms with E-state index < -0.39 is 69.7 Å². The summed E-state index contributed by atoms with van der Waals surface area (Å²) in [6.45, 7) is 18.9. The van der Waals surface area contributed by atoms with Gasteiger partial charge in [-0.15, -0.1) is 0 Å². The fraction of sp³-hybridized carbons (Fsp3) is 0.882. The van der Waals surface area contributed by atoms with Gasteiger partial charge in [0.1, 0.15) is 0 Å². The van der Waals surface area contributed by atoms with Crippen LogP contribution in [0.5, 0.6) is 0 Å². The third-order valence-electron chi connectivity index (χ3n) is 18.8. The number of urea groups is 1. The van der Waals surface area contributed by atoms with Crippen LogP contribution in [0.4, 0.5) is 4.79 Å². The van der Waals surface area contributed by atoms with Crippen LogP contribution in [0.3, 0.4) is 0 Å². The molecule has 0 radical (unpaired) electrons. The predicted octanol–water partition coefficient (Wildman–Crippen LogP) is 6.35. The van der Waals surface area contributed by atoms with E-state index in [1.54, 1.807) is 230 Å². The highest BCUT2D eigenvalue weighted by atomic mass is 28.4. The molecule has 0 aromatic heterocycles. The zero-order chi connectivity index (χ0) is 88.7. The number of amides is 9. The van der Waals surface area contributed by atoms with E-state index in [1.165, 1.54) is 18.7 Å². The Bertz CT molecular complexity index is 2400. The monoisotopic (exact) mass is 1770 g/mol. The molecule has 674 valence electrons. The summed E-state index contributed by atoms with van der Waals surface area (Å²) >= 11 is 0. The van der Waals surface area contributed by atoms with Gasteiger partial charge < -0.3 is 128 Å². The van der Waals surface area contributed by atoms with Gasteiger partial charge in [0.05, 0.1) is 0 Å². The smallest absolute Gasteiger partial charge is 0.398 e. The summed E-state index contributed by atoms with van der Waals surface area (Å²) in [6, 6.07) is 6.03. The van der Waals surface area contributed by atoms with Crippen LogP contribution in [-0.2, 0) is 127 Å². The minimum atomic E-state index is -2.59. The summed E-state index contributed by atoms with van der Waals surface area (Å²) in [6.07, 6.45) is 7.22. The second-order valence-corrected chi connectivity index (χ2v) is 52.5. The minimum absolute atomic E-state index is 0.00971. The first kappa shape index (κ1) is 120. The third-order valence-corrected chi connectivity index (χ3v) is 41.9. The number of rotatable bonds is 53. The Balaban J connectivity index is -0.000000298. The van der Waals surface area contributed by atoms with Crippen LogP contribution in [0.1, 0.15) is 98.8 Å². The molecule has 0 saturated carbocycles. The zero-order valence-electron chi connectivity index (χ0n) is 75.9. The molecule has 0 unspecified atom stereocenters. The molecule has 0 atom stereocenters. The molecule has 0 aromatic rings. The van der Waals surface area contributed by atoms with Crippen LogP contribution in [0.15, 0.2) is 0 Å². The van der Waals surface area contributed by atoms with E-state index in [4.69, 9.17) is 92.9 Å². The van der Waals surface area contributed by atoms with Crippen molar-refractivity contribution < 1.29 is 131 Å². The topological polar surface area (TPSA) is 374 Å². The zero-order valence-corrected chi connectivity index (χ0v) is 83.9. The molecule has 0 aliphatic carbocycles. The van der Waals surface area contributed by atoms with Crippen molar-refractivity contribution in [3.8, 4) is 0 Å². The highest BCUT2D eigenvalue weighted by Gasteiger charge is 2.42. The van der Waals surface area contributed by atoms with E-state index >= 15 is 0 Å². The van der Waals surface area contributed by atoms with Crippen LogP contribution in [0.2, 0.25) is 68.0 Å². The van der Waals surface area contributed by atoms with Crippen molar-refractivity contribution in [2.75, 3.05) is 237 Å². The van der Waals surface area contributed by atoms with Gasteiger partial charge in [-0.25, -0.2) is 4.79 Å². The van der Waals surface area contributed by atoms with Crippen LogP contribution in [-0.4, -0.2) is 383 Å². The number of imide groups is 1. The molecule has 1 aliphatic rings. The lowest BCUT2D eigenvalue weighted by molar-refractivity contribution is -0.138. The van der Waals surface area contributed by atoms with Gasteiger partial charge >= 0.3 is 75.7 Å². The Hall–Kier alpha value is -3.34. The molecular weight excluding hydrogens is 1620 g/mol. The van der Waals surface area contributed by atoms with Crippen molar-refractivity contribution in [3.63, 3.8) is 0 Å². The van der Waals surface area contributed by atoms with Gasteiger partial charge in [0.25, 0.3) is 0 Å². The van der Waals surface area contributed by atoms with Crippen LogP contribution in [0.25, 0.3) is 0 Å². The second kappa shape index (κ2) is 68.4. The fourth-order valence-corrected chi connectivity index (χ4v) is 22.9. The Morgan fingerprint density at radius 1 is 0.310 bits per heavy atom. The van der Waals surface area contributed by atoms with E-state index in [9.17, 15) is 38.4 Å². The van der Waals surface area contributed by atoms with Gasteiger partial charge in [0.15, 0.2) is 0 Å². The van der Waals surface area contributed by atoms with Crippen molar-refractivity contribution >= 4 is 117 Å².